The van der Waals surface area contributed by atoms with Crippen LogP contribution in [0.2, 0.25) is 0 Å². The van der Waals surface area contributed by atoms with Gasteiger partial charge in [-0.2, -0.15) is 9.78 Å². The van der Waals surface area contributed by atoms with Gasteiger partial charge in [0.2, 0.25) is 5.82 Å². The molecular weight excluding hydrogens is 624 g/mol. The van der Waals surface area contributed by atoms with Gasteiger partial charge >= 0.3 is 0 Å². The maximum Gasteiger partial charge on any atom is 0.282 e. The largest absolute Gasteiger partial charge is 0.490 e. The lowest BCUT2D eigenvalue weighted by Crippen LogP contribution is -2.21. The van der Waals surface area contributed by atoms with Gasteiger partial charge in [0.25, 0.3) is 11.5 Å². The second kappa shape index (κ2) is 12.6. The number of hydrogen-bond donors (Lipinski definition) is 1. The van der Waals surface area contributed by atoms with Crippen molar-refractivity contribution in [3.05, 3.63) is 117 Å². The molecule has 4 aromatic carbocycles. The van der Waals surface area contributed by atoms with Crippen molar-refractivity contribution in [2.75, 3.05) is 18.5 Å². The van der Waals surface area contributed by atoms with Gasteiger partial charge in [0, 0.05) is 21.1 Å². The van der Waals surface area contributed by atoms with Crippen LogP contribution in [0.3, 0.4) is 0 Å². The van der Waals surface area contributed by atoms with Crippen molar-refractivity contribution in [3.63, 3.8) is 0 Å². The fraction of sp³-hybridized carbons (Fsp3) is 0.118. The quantitative estimate of drug-likeness (QED) is 0.166. The van der Waals surface area contributed by atoms with Gasteiger partial charge in [0.1, 0.15) is 5.58 Å². The van der Waals surface area contributed by atoms with Crippen LogP contribution in [-0.4, -0.2) is 35.0 Å². The molecule has 44 heavy (non-hydrogen) atoms. The van der Waals surface area contributed by atoms with Gasteiger partial charge in [-0.3, -0.25) is 9.59 Å². The average Bonchev–Trinajstić information content (AvgIpc) is 3.46. The number of ether oxygens (including phenoxy) is 2. The zero-order valence-corrected chi connectivity index (χ0v) is 25.5. The highest BCUT2D eigenvalue weighted by Crippen LogP contribution is 2.34. The molecule has 0 spiro atoms. The normalized spacial score (nSPS) is 11.3. The van der Waals surface area contributed by atoms with E-state index in [9.17, 15) is 9.59 Å². The van der Waals surface area contributed by atoms with Crippen LogP contribution in [0.25, 0.3) is 33.5 Å². The zero-order chi connectivity index (χ0) is 30.6. The number of aromatic nitrogens is 2. The second-order valence-electron chi connectivity index (χ2n) is 9.87. The molecule has 10 heteroatoms. The first-order valence-corrected chi connectivity index (χ1v) is 14.7. The van der Waals surface area contributed by atoms with Crippen molar-refractivity contribution < 1.29 is 18.7 Å². The van der Waals surface area contributed by atoms with Crippen LogP contribution in [0.15, 0.2) is 110 Å². The van der Waals surface area contributed by atoms with Crippen LogP contribution in [0.4, 0.5) is 5.69 Å². The standard InChI is InChI=1S/C34H27BrN4O5/c1-3-42-29-17-23(25(35)18-30(29)43-20-32(40)37-26-13-7-4-10-21(26)2)19-36-39-33(31-16-22-11-5-9-15-28(22)44-31)38-27-14-8-6-12-24(27)34(39)41/h4-19H,3,20H2,1-2H3,(H,37,40). The molecule has 6 rings (SSSR count). The Labute approximate surface area is 260 Å². The topological polar surface area (TPSA) is 108 Å². The van der Waals surface area contributed by atoms with E-state index in [1.54, 1.807) is 30.3 Å². The minimum atomic E-state index is -0.344. The zero-order valence-electron chi connectivity index (χ0n) is 23.9. The molecular formula is C34H27BrN4O5. The number of para-hydroxylation sites is 3. The second-order valence-corrected chi connectivity index (χ2v) is 10.7. The highest BCUT2D eigenvalue weighted by atomic mass is 79.9. The monoisotopic (exact) mass is 650 g/mol. The molecule has 220 valence electrons. The predicted molar refractivity (Wildman–Crippen MR) is 175 cm³/mol. The molecule has 0 radical (unpaired) electrons. The number of hydrogen-bond acceptors (Lipinski definition) is 7. The Hall–Kier alpha value is -5.22. The molecule has 2 heterocycles. The number of fused-ring (bicyclic) bond motifs is 2. The summed E-state index contributed by atoms with van der Waals surface area (Å²) in [6.45, 7) is 3.93. The maximum absolute atomic E-state index is 13.6. The van der Waals surface area contributed by atoms with Crippen LogP contribution in [0.5, 0.6) is 11.5 Å². The smallest absolute Gasteiger partial charge is 0.282 e. The molecule has 0 saturated heterocycles. The summed E-state index contributed by atoms with van der Waals surface area (Å²) < 4.78 is 19.6. The van der Waals surface area contributed by atoms with Gasteiger partial charge < -0.3 is 19.2 Å². The Balaban J connectivity index is 1.33. The van der Waals surface area contributed by atoms with E-state index in [2.05, 4.69) is 26.3 Å². The lowest BCUT2D eigenvalue weighted by atomic mass is 10.2. The number of furan rings is 1. The summed E-state index contributed by atoms with van der Waals surface area (Å²) in [5.41, 5.74) is 3.15. The number of nitrogens with zero attached hydrogens (tertiary/aromatic N) is 3. The molecule has 0 atom stereocenters. The van der Waals surface area contributed by atoms with Gasteiger partial charge in [-0.05, 0) is 77.8 Å². The first-order chi connectivity index (χ1) is 21.4. The van der Waals surface area contributed by atoms with Crippen molar-refractivity contribution in [1.29, 1.82) is 0 Å². The fourth-order valence-electron chi connectivity index (χ4n) is 4.68. The third-order valence-electron chi connectivity index (χ3n) is 6.85. The SMILES string of the molecule is CCOc1cc(C=Nn2c(-c3cc4ccccc4o3)nc3ccccc3c2=O)c(Br)cc1OCC(=O)Nc1ccccc1C. The molecule has 0 aliphatic carbocycles. The van der Waals surface area contributed by atoms with Crippen molar-refractivity contribution in [1.82, 2.24) is 9.66 Å². The molecule has 0 bridgehead atoms. The van der Waals surface area contributed by atoms with Crippen LogP contribution in [0.1, 0.15) is 18.1 Å². The highest BCUT2D eigenvalue weighted by Gasteiger charge is 2.17. The number of amides is 1. The molecule has 0 aliphatic heterocycles. The predicted octanol–water partition coefficient (Wildman–Crippen LogP) is 7.18. The van der Waals surface area contributed by atoms with E-state index >= 15 is 0 Å². The number of carbonyl (C=O) groups excluding carboxylic acids is 1. The average molecular weight is 652 g/mol. The van der Waals surface area contributed by atoms with Gasteiger partial charge in [-0.15, -0.1) is 0 Å². The highest BCUT2D eigenvalue weighted by molar-refractivity contribution is 9.10. The maximum atomic E-state index is 13.6. The van der Waals surface area contributed by atoms with Crippen molar-refractivity contribution in [3.8, 4) is 23.1 Å². The first kappa shape index (κ1) is 28.9. The minimum absolute atomic E-state index is 0.215. The Kier molecular flexibility index (Phi) is 8.25. The Morgan fingerprint density at radius 2 is 1.75 bits per heavy atom. The Morgan fingerprint density at radius 1 is 1.00 bits per heavy atom. The van der Waals surface area contributed by atoms with Crippen molar-refractivity contribution in [2.24, 2.45) is 5.10 Å². The minimum Gasteiger partial charge on any atom is -0.490 e. The van der Waals surface area contributed by atoms with Crippen LogP contribution in [-0.2, 0) is 4.79 Å². The molecule has 9 nitrogen and oxygen atoms in total. The Bertz CT molecular complexity index is 2070. The van der Waals surface area contributed by atoms with E-state index in [-0.39, 0.29) is 23.9 Å². The van der Waals surface area contributed by atoms with Crippen LogP contribution in [0, 0.1) is 6.92 Å². The molecule has 6 aromatic rings. The van der Waals surface area contributed by atoms with E-state index < -0.39 is 0 Å². The van der Waals surface area contributed by atoms with E-state index in [1.807, 2.05) is 74.5 Å². The molecule has 1 N–H and O–H groups in total. The summed E-state index contributed by atoms with van der Waals surface area (Å²) >= 11 is 3.57. The molecule has 0 saturated carbocycles. The third-order valence-corrected chi connectivity index (χ3v) is 7.54. The van der Waals surface area contributed by atoms with Gasteiger partial charge in [-0.1, -0.05) is 48.5 Å². The summed E-state index contributed by atoms with van der Waals surface area (Å²) in [6, 6.07) is 27.5. The fourth-order valence-corrected chi connectivity index (χ4v) is 5.10. The summed E-state index contributed by atoms with van der Waals surface area (Å²) in [6.07, 6.45) is 1.53. The number of aryl methyl sites for hydroxylation is 1. The number of nitrogens with one attached hydrogen (secondary N) is 1. The van der Waals surface area contributed by atoms with Crippen LogP contribution >= 0.6 is 15.9 Å². The van der Waals surface area contributed by atoms with Gasteiger partial charge in [-0.25, -0.2) is 4.98 Å². The van der Waals surface area contributed by atoms with Gasteiger partial charge in [0.05, 0.1) is 23.7 Å². The van der Waals surface area contributed by atoms with Crippen LogP contribution < -0.4 is 20.3 Å². The number of rotatable bonds is 9. The summed E-state index contributed by atoms with van der Waals surface area (Å²) in [7, 11) is 0. The molecule has 2 aromatic heterocycles. The van der Waals surface area contributed by atoms with E-state index in [0.29, 0.717) is 50.4 Å². The van der Waals surface area contributed by atoms with Crippen molar-refractivity contribution in [2.45, 2.75) is 13.8 Å². The summed E-state index contributed by atoms with van der Waals surface area (Å²) in [4.78, 5) is 31.0. The third kappa shape index (κ3) is 5.97. The molecule has 0 unspecified atom stereocenters. The van der Waals surface area contributed by atoms with E-state index in [4.69, 9.17) is 18.9 Å². The molecule has 1 amide bonds. The van der Waals surface area contributed by atoms with Gasteiger partial charge in [0.15, 0.2) is 23.9 Å². The lowest BCUT2D eigenvalue weighted by Gasteiger charge is -2.14. The lowest BCUT2D eigenvalue weighted by molar-refractivity contribution is -0.118. The number of benzene rings is 4. The number of anilines is 1. The van der Waals surface area contributed by atoms with E-state index in [0.717, 1.165) is 16.6 Å². The molecule has 0 fully saturated rings. The summed E-state index contributed by atoms with van der Waals surface area (Å²) in [5, 5.41) is 8.72. The summed E-state index contributed by atoms with van der Waals surface area (Å²) in [5.74, 6) is 1.17. The van der Waals surface area contributed by atoms with Crippen molar-refractivity contribution >= 4 is 55.6 Å². The number of halogens is 1. The van der Waals surface area contributed by atoms with E-state index in [1.165, 1.54) is 10.9 Å². The first-order valence-electron chi connectivity index (χ1n) is 13.9. The number of carbonyl (C=O) groups is 1. The molecule has 0 aliphatic rings. The Morgan fingerprint density at radius 3 is 2.57 bits per heavy atom.